The van der Waals surface area contributed by atoms with Crippen LogP contribution in [0.1, 0.15) is 46.5 Å². The summed E-state index contributed by atoms with van der Waals surface area (Å²) in [5.41, 5.74) is 7.04. The van der Waals surface area contributed by atoms with Crippen LogP contribution in [0.3, 0.4) is 0 Å². The molecule has 1 amide bonds. The number of carbonyl (C=O) groups excluding carboxylic acids is 1. The van der Waals surface area contributed by atoms with Gasteiger partial charge in [0, 0.05) is 17.8 Å². The summed E-state index contributed by atoms with van der Waals surface area (Å²) >= 11 is 0. The Morgan fingerprint density at radius 2 is 1.90 bits per heavy atom. The lowest BCUT2D eigenvalue weighted by Gasteiger charge is -2.08. The number of hydrogen-bond donors (Lipinski definition) is 1. The van der Waals surface area contributed by atoms with E-state index in [1.807, 2.05) is 22.9 Å². The minimum Gasteiger partial charge on any atom is -0.343 e. The smallest absolute Gasteiger partial charge is 0.272 e. The Morgan fingerprint density at radius 1 is 1.10 bits per heavy atom. The van der Waals surface area contributed by atoms with Crippen molar-refractivity contribution in [1.29, 1.82) is 0 Å². The predicted octanol–water partition coefficient (Wildman–Crippen LogP) is 3.97. The molecule has 2 heterocycles. The van der Waals surface area contributed by atoms with Gasteiger partial charge in [-0.05, 0) is 57.4 Å². The molecule has 2 aromatic carbocycles. The van der Waals surface area contributed by atoms with Gasteiger partial charge in [0.25, 0.3) is 5.91 Å². The predicted molar refractivity (Wildman–Crippen MR) is 117 cm³/mol. The zero-order valence-corrected chi connectivity index (χ0v) is 17.4. The minimum absolute atomic E-state index is 0.131. The van der Waals surface area contributed by atoms with E-state index in [-0.39, 0.29) is 5.91 Å². The van der Waals surface area contributed by atoms with Gasteiger partial charge in [0.1, 0.15) is 5.82 Å². The average Bonchev–Trinajstić information content (AvgIpc) is 3.45. The molecule has 1 aliphatic carbocycles. The van der Waals surface area contributed by atoms with Gasteiger partial charge < -0.3 is 9.88 Å². The molecule has 0 aliphatic heterocycles. The van der Waals surface area contributed by atoms with E-state index in [4.69, 9.17) is 10.1 Å². The number of rotatable bonds is 5. The molecular weight excluding hydrogens is 374 g/mol. The van der Waals surface area contributed by atoms with Gasteiger partial charge in [-0.2, -0.15) is 5.10 Å². The highest BCUT2D eigenvalue weighted by Crippen LogP contribution is 2.28. The normalized spacial score (nSPS) is 13.0. The van der Waals surface area contributed by atoms with E-state index >= 15 is 0 Å². The van der Waals surface area contributed by atoms with Gasteiger partial charge in [-0.1, -0.05) is 29.8 Å². The lowest BCUT2D eigenvalue weighted by atomic mass is 10.2. The van der Waals surface area contributed by atoms with E-state index in [1.165, 1.54) is 5.56 Å². The molecule has 2 aromatic heterocycles. The maximum absolute atomic E-state index is 13.1. The van der Waals surface area contributed by atoms with Gasteiger partial charge in [-0.25, -0.2) is 9.67 Å². The van der Waals surface area contributed by atoms with Crippen molar-refractivity contribution in [3.05, 3.63) is 76.9 Å². The van der Waals surface area contributed by atoms with Crippen molar-refractivity contribution in [1.82, 2.24) is 24.6 Å². The van der Waals surface area contributed by atoms with Crippen LogP contribution in [0.2, 0.25) is 0 Å². The third-order valence-electron chi connectivity index (χ3n) is 5.88. The van der Waals surface area contributed by atoms with Crippen molar-refractivity contribution in [2.45, 2.75) is 46.2 Å². The fourth-order valence-corrected chi connectivity index (χ4v) is 4.38. The summed E-state index contributed by atoms with van der Waals surface area (Å²) in [7, 11) is 0. The fraction of sp³-hybridized carbons (Fsp3) is 0.292. The van der Waals surface area contributed by atoms with E-state index in [2.05, 4.69) is 54.1 Å². The van der Waals surface area contributed by atoms with Crippen molar-refractivity contribution in [2.75, 3.05) is 0 Å². The number of hydrogen-bond acceptors (Lipinski definition) is 3. The fourth-order valence-electron chi connectivity index (χ4n) is 4.38. The van der Waals surface area contributed by atoms with Crippen LogP contribution in [0.25, 0.3) is 16.7 Å². The molecular formula is C24H25N5O. The van der Waals surface area contributed by atoms with Gasteiger partial charge in [0.15, 0.2) is 5.69 Å². The molecule has 0 fully saturated rings. The van der Waals surface area contributed by atoms with E-state index in [0.717, 1.165) is 59.6 Å². The number of benzene rings is 2. The summed E-state index contributed by atoms with van der Waals surface area (Å²) in [5.74, 6) is 0.732. The Hall–Kier alpha value is -3.41. The molecule has 0 spiro atoms. The van der Waals surface area contributed by atoms with Crippen molar-refractivity contribution in [2.24, 2.45) is 0 Å². The van der Waals surface area contributed by atoms with Crippen LogP contribution in [0.5, 0.6) is 0 Å². The third kappa shape index (κ3) is 3.09. The highest BCUT2D eigenvalue weighted by Gasteiger charge is 2.27. The Labute approximate surface area is 175 Å². The number of carbonyl (C=O) groups is 1. The second-order valence-electron chi connectivity index (χ2n) is 7.82. The number of aryl methyl sites for hydroxylation is 2. The minimum atomic E-state index is -0.131. The molecule has 0 saturated heterocycles. The standard InChI is InChI=1S/C24H25N5O/c1-3-28-21-9-5-4-8-19(21)26-22(28)15-25-24(30)23-18-7-6-10-20(18)29(27-23)17-13-11-16(2)12-14-17/h4-5,8-9,11-14H,3,6-7,10,15H2,1-2H3,(H,25,30). The Morgan fingerprint density at radius 3 is 2.70 bits per heavy atom. The Kier molecular flexibility index (Phi) is 4.62. The first-order valence-electron chi connectivity index (χ1n) is 10.6. The van der Waals surface area contributed by atoms with Crippen molar-refractivity contribution in [3.63, 3.8) is 0 Å². The summed E-state index contributed by atoms with van der Waals surface area (Å²) in [6.07, 6.45) is 2.91. The maximum atomic E-state index is 13.1. The molecule has 6 nitrogen and oxygen atoms in total. The summed E-state index contributed by atoms with van der Waals surface area (Å²) in [4.78, 5) is 17.8. The lowest BCUT2D eigenvalue weighted by molar-refractivity contribution is 0.0943. The van der Waals surface area contributed by atoms with Crippen LogP contribution in [-0.4, -0.2) is 25.2 Å². The molecule has 6 heteroatoms. The molecule has 0 atom stereocenters. The van der Waals surface area contributed by atoms with Gasteiger partial charge >= 0.3 is 0 Å². The Bertz CT molecular complexity index is 1230. The molecule has 4 aromatic rings. The van der Waals surface area contributed by atoms with Crippen LogP contribution < -0.4 is 5.32 Å². The van der Waals surface area contributed by atoms with E-state index in [1.54, 1.807) is 0 Å². The second kappa shape index (κ2) is 7.44. The molecule has 30 heavy (non-hydrogen) atoms. The first-order chi connectivity index (χ1) is 14.7. The Balaban J connectivity index is 1.42. The quantitative estimate of drug-likeness (QED) is 0.552. The molecule has 1 N–H and O–H groups in total. The van der Waals surface area contributed by atoms with Gasteiger partial charge in [0.2, 0.25) is 0 Å². The summed E-state index contributed by atoms with van der Waals surface area (Å²) < 4.78 is 4.09. The van der Waals surface area contributed by atoms with Crippen molar-refractivity contribution < 1.29 is 4.79 Å². The first-order valence-corrected chi connectivity index (χ1v) is 10.6. The molecule has 0 saturated carbocycles. The highest BCUT2D eigenvalue weighted by atomic mass is 16.2. The number of aromatic nitrogens is 4. The van der Waals surface area contributed by atoms with Gasteiger partial charge in [0.05, 0.1) is 23.3 Å². The first kappa shape index (κ1) is 18.6. The summed E-state index contributed by atoms with van der Waals surface area (Å²) in [6.45, 7) is 5.35. The van der Waals surface area contributed by atoms with E-state index in [0.29, 0.717) is 12.2 Å². The van der Waals surface area contributed by atoms with Crippen LogP contribution >= 0.6 is 0 Å². The lowest BCUT2D eigenvalue weighted by Crippen LogP contribution is -2.26. The molecule has 1 aliphatic rings. The topological polar surface area (TPSA) is 64.7 Å². The van der Waals surface area contributed by atoms with Crippen molar-refractivity contribution >= 4 is 16.9 Å². The zero-order chi connectivity index (χ0) is 20.7. The number of nitrogens with one attached hydrogen (secondary N) is 1. The molecule has 0 unspecified atom stereocenters. The monoisotopic (exact) mass is 399 g/mol. The third-order valence-corrected chi connectivity index (χ3v) is 5.88. The maximum Gasteiger partial charge on any atom is 0.272 e. The van der Waals surface area contributed by atoms with Crippen LogP contribution in [0.15, 0.2) is 48.5 Å². The second-order valence-corrected chi connectivity index (χ2v) is 7.82. The number of fused-ring (bicyclic) bond motifs is 2. The number of nitrogens with zero attached hydrogens (tertiary/aromatic N) is 4. The SMILES string of the molecule is CCn1c(CNC(=O)c2nn(-c3ccc(C)cc3)c3c2CCC3)nc2ccccc21. The van der Waals surface area contributed by atoms with E-state index < -0.39 is 0 Å². The van der Waals surface area contributed by atoms with Crippen LogP contribution in [0.4, 0.5) is 0 Å². The number of para-hydroxylation sites is 2. The van der Waals surface area contributed by atoms with Crippen molar-refractivity contribution in [3.8, 4) is 5.69 Å². The molecule has 0 radical (unpaired) electrons. The van der Waals surface area contributed by atoms with Gasteiger partial charge in [-0.15, -0.1) is 0 Å². The molecule has 152 valence electrons. The average molecular weight is 399 g/mol. The highest BCUT2D eigenvalue weighted by molar-refractivity contribution is 5.94. The van der Waals surface area contributed by atoms with Crippen LogP contribution in [-0.2, 0) is 25.9 Å². The molecule has 0 bridgehead atoms. The van der Waals surface area contributed by atoms with Crippen LogP contribution in [0, 0.1) is 6.92 Å². The number of imidazole rings is 1. The zero-order valence-electron chi connectivity index (χ0n) is 17.4. The summed E-state index contributed by atoms with van der Waals surface area (Å²) in [6, 6.07) is 16.3. The van der Waals surface area contributed by atoms with E-state index in [9.17, 15) is 4.79 Å². The molecule has 5 rings (SSSR count). The van der Waals surface area contributed by atoms with Gasteiger partial charge in [-0.3, -0.25) is 4.79 Å². The largest absolute Gasteiger partial charge is 0.343 e. The number of amides is 1. The summed E-state index contributed by atoms with van der Waals surface area (Å²) in [5, 5.41) is 7.76.